The van der Waals surface area contributed by atoms with Gasteiger partial charge in [-0.15, -0.1) is 0 Å². The van der Waals surface area contributed by atoms with E-state index in [-0.39, 0.29) is 0 Å². The van der Waals surface area contributed by atoms with Gasteiger partial charge in [-0.1, -0.05) is 24.3 Å². The number of hydrogen-bond acceptors (Lipinski definition) is 2. The lowest BCUT2D eigenvalue weighted by Crippen LogP contribution is -2.15. The molecule has 0 radical (unpaired) electrons. The molecule has 2 aliphatic rings. The maximum Gasteiger partial charge on any atom is 0.164 e. The van der Waals surface area contributed by atoms with Crippen molar-refractivity contribution in [2.45, 2.75) is 0 Å². The van der Waals surface area contributed by atoms with Crippen molar-refractivity contribution in [3.8, 4) is 0 Å². The van der Waals surface area contributed by atoms with Crippen LogP contribution < -0.4 is 0 Å². The zero-order chi connectivity index (χ0) is 8.67. The van der Waals surface area contributed by atoms with Crippen molar-refractivity contribution in [1.82, 2.24) is 4.90 Å². The lowest BCUT2D eigenvalue weighted by Gasteiger charge is -2.20. The molecule has 2 aliphatic heterocycles. The van der Waals surface area contributed by atoms with Gasteiger partial charge >= 0.3 is 0 Å². The molecule has 64 valence electrons. The van der Waals surface area contributed by atoms with E-state index in [1.807, 2.05) is 6.26 Å². The van der Waals surface area contributed by atoms with Crippen molar-refractivity contribution < 1.29 is 4.74 Å². The van der Waals surface area contributed by atoms with E-state index in [4.69, 9.17) is 4.74 Å². The van der Waals surface area contributed by atoms with Crippen molar-refractivity contribution in [3.05, 3.63) is 47.9 Å². The van der Waals surface area contributed by atoms with Gasteiger partial charge < -0.3 is 9.64 Å². The van der Waals surface area contributed by atoms with E-state index in [1.54, 1.807) is 0 Å². The van der Waals surface area contributed by atoms with Crippen LogP contribution in [-0.2, 0) is 4.74 Å². The molecule has 2 nitrogen and oxygen atoms in total. The molecule has 1 aromatic carbocycles. The molecule has 0 amide bonds. The number of nitrogens with zero attached hydrogens (tertiary/aromatic N) is 1. The SMILES string of the molecule is C1=CN2COC=C2c2ccccc21. The second kappa shape index (κ2) is 2.39. The third-order valence-electron chi connectivity index (χ3n) is 2.39. The summed E-state index contributed by atoms with van der Waals surface area (Å²) in [5.74, 6) is 0. The standard InChI is InChI=1S/C11H9NO/c1-2-4-10-9(3-1)5-6-12-8-13-7-11(10)12/h1-7H,8H2. The quantitative estimate of drug-likeness (QED) is 0.593. The number of ether oxygens (including phenoxy) is 1. The van der Waals surface area contributed by atoms with Crippen LogP contribution in [-0.4, -0.2) is 11.6 Å². The minimum Gasteiger partial charge on any atom is -0.478 e. The van der Waals surface area contributed by atoms with E-state index in [0.717, 1.165) is 5.70 Å². The van der Waals surface area contributed by atoms with Crippen molar-refractivity contribution in [1.29, 1.82) is 0 Å². The number of benzene rings is 1. The summed E-state index contributed by atoms with van der Waals surface area (Å²) in [6.07, 6.45) is 5.99. The van der Waals surface area contributed by atoms with Gasteiger partial charge in [0.25, 0.3) is 0 Å². The Labute approximate surface area is 76.7 Å². The summed E-state index contributed by atoms with van der Waals surface area (Å²) in [6, 6.07) is 8.33. The Morgan fingerprint density at radius 1 is 1.23 bits per heavy atom. The minimum absolute atomic E-state index is 0.639. The summed E-state index contributed by atoms with van der Waals surface area (Å²) < 4.78 is 5.26. The second-order valence-corrected chi connectivity index (χ2v) is 3.17. The third-order valence-corrected chi connectivity index (χ3v) is 2.39. The molecule has 0 fully saturated rings. The molecule has 1 aromatic rings. The van der Waals surface area contributed by atoms with Crippen LogP contribution in [0.4, 0.5) is 0 Å². The fourth-order valence-electron chi connectivity index (χ4n) is 1.72. The Hall–Kier alpha value is -1.70. The normalized spacial score (nSPS) is 17.5. The van der Waals surface area contributed by atoms with Crippen LogP contribution in [0.15, 0.2) is 36.7 Å². The summed E-state index contributed by atoms with van der Waals surface area (Å²) in [5, 5.41) is 0. The van der Waals surface area contributed by atoms with Gasteiger partial charge in [0.2, 0.25) is 0 Å². The van der Waals surface area contributed by atoms with E-state index in [0.29, 0.717) is 6.73 Å². The van der Waals surface area contributed by atoms with Crippen LogP contribution in [0.2, 0.25) is 0 Å². The highest BCUT2D eigenvalue weighted by Gasteiger charge is 2.20. The molecule has 0 aromatic heterocycles. The van der Waals surface area contributed by atoms with E-state index in [9.17, 15) is 0 Å². The topological polar surface area (TPSA) is 12.5 Å². The predicted octanol–water partition coefficient (Wildman–Crippen LogP) is 2.26. The van der Waals surface area contributed by atoms with Gasteiger partial charge in [0, 0.05) is 11.8 Å². The maximum atomic E-state index is 5.26. The first-order chi connectivity index (χ1) is 6.45. The van der Waals surface area contributed by atoms with Crippen molar-refractivity contribution in [2.24, 2.45) is 0 Å². The molecule has 0 atom stereocenters. The van der Waals surface area contributed by atoms with Crippen LogP contribution in [0, 0.1) is 0 Å². The van der Waals surface area contributed by atoms with Gasteiger partial charge in [-0.25, -0.2) is 0 Å². The first kappa shape index (κ1) is 6.78. The zero-order valence-electron chi connectivity index (χ0n) is 7.10. The first-order valence-electron chi connectivity index (χ1n) is 4.31. The average molecular weight is 171 g/mol. The largest absolute Gasteiger partial charge is 0.478 e. The fourth-order valence-corrected chi connectivity index (χ4v) is 1.72. The zero-order valence-corrected chi connectivity index (χ0v) is 7.10. The molecule has 3 rings (SSSR count). The lowest BCUT2D eigenvalue weighted by molar-refractivity contribution is 0.206. The Balaban J connectivity index is 2.23. The summed E-state index contributed by atoms with van der Waals surface area (Å²) in [4.78, 5) is 2.10. The number of fused-ring (bicyclic) bond motifs is 3. The smallest absolute Gasteiger partial charge is 0.164 e. The van der Waals surface area contributed by atoms with Gasteiger partial charge in [0.1, 0.15) is 6.26 Å². The summed E-state index contributed by atoms with van der Waals surface area (Å²) in [6.45, 7) is 0.639. The van der Waals surface area contributed by atoms with E-state index in [2.05, 4.69) is 41.4 Å². The van der Waals surface area contributed by atoms with Crippen LogP contribution in [0.25, 0.3) is 11.8 Å². The Morgan fingerprint density at radius 2 is 2.15 bits per heavy atom. The van der Waals surface area contributed by atoms with Crippen LogP contribution >= 0.6 is 0 Å². The van der Waals surface area contributed by atoms with Gasteiger partial charge in [-0.2, -0.15) is 0 Å². The molecule has 0 saturated carbocycles. The molecule has 2 heteroatoms. The molecule has 0 saturated heterocycles. The summed E-state index contributed by atoms with van der Waals surface area (Å²) >= 11 is 0. The Kier molecular flexibility index (Phi) is 1.25. The Bertz CT molecular complexity index is 406. The van der Waals surface area contributed by atoms with Gasteiger partial charge in [-0.05, 0) is 11.6 Å². The van der Waals surface area contributed by atoms with Crippen LogP contribution in [0.5, 0.6) is 0 Å². The number of rotatable bonds is 0. The summed E-state index contributed by atoms with van der Waals surface area (Å²) in [7, 11) is 0. The van der Waals surface area contributed by atoms with Crippen LogP contribution in [0.3, 0.4) is 0 Å². The maximum absolute atomic E-state index is 5.26. The van der Waals surface area contributed by atoms with Gasteiger partial charge in [0.05, 0.1) is 5.70 Å². The highest BCUT2D eigenvalue weighted by atomic mass is 16.5. The van der Waals surface area contributed by atoms with E-state index >= 15 is 0 Å². The molecule has 0 N–H and O–H groups in total. The molecule has 0 unspecified atom stereocenters. The van der Waals surface area contributed by atoms with Crippen LogP contribution in [0.1, 0.15) is 11.1 Å². The molecule has 0 bridgehead atoms. The van der Waals surface area contributed by atoms with Gasteiger partial charge in [0.15, 0.2) is 6.73 Å². The minimum atomic E-state index is 0.639. The third kappa shape index (κ3) is 0.886. The lowest BCUT2D eigenvalue weighted by atomic mass is 10.0. The monoisotopic (exact) mass is 171 g/mol. The Morgan fingerprint density at radius 3 is 3.15 bits per heavy atom. The van der Waals surface area contributed by atoms with Crippen molar-refractivity contribution in [2.75, 3.05) is 6.73 Å². The molecule has 2 heterocycles. The molecular formula is C11H9NO. The molecule has 13 heavy (non-hydrogen) atoms. The fraction of sp³-hybridized carbons (Fsp3) is 0.0909. The molecule has 0 spiro atoms. The summed E-state index contributed by atoms with van der Waals surface area (Å²) in [5.41, 5.74) is 3.68. The van der Waals surface area contributed by atoms with Gasteiger partial charge in [-0.3, -0.25) is 0 Å². The highest BCUT2D eigenvalue weighted by molar-refractivity contribution is 5.77. The van der Waals surface area contributed by atoms with Crippen molar-refractivity contribution >= 4 is 11.8 Å². The second-order valence-electron chi connectivity index (χ2n) is 3.17. The van der Waals surface area contributed by atoms with Crippen molar-refractivity contribution in [3.63, 3.8) is 0 Å². The molecular weight excluding hydrogens is 162 g/mol. The number of hydrogen-bond donors (Lipinski definition) is 0. The first-order valence-corrected chi connectivity index (χ1v) is 4.31. The van der Waals surface area contributed by atoms with E-state index < -0.39 is 0 Å². The molecule has 0 aliphatic carbocycles. The predicted molar refractivity (Wildman–Crippen MR) is 51.2 cm³/mol. The highest BCUT2D eigenvalue weighted by Crippen LogP contribution is 2.31. The van der Waals surface area contributed by atoms with E-state index in [1.165, 1.54) is 11.1 Å². The average Bonchev–Trinajstić information content (AvgIpc) is 2.65.